The van der Waals surface area contributed by atoms with Crippen LogP contribution in [-0.2, 0) is 19.3 Å². The lowest BCUT2D eigenvalue weighted by atomic mass is 9.86. The summed E-state index contributed by atoms with van der Waals surface area (Å²) in [5, 5.41) is 0. The van der Waals surface area contributed by atoms with Gasteiger partial charge < -0.3 is 5.73 Å². The molecule has 1 aliphatic carbocycles. The fraction of sp³-hybridized carbons (Fsp3) is 0.727. The van der Waals surface area contributed by atoms with Crippen LogP contribution in [-0.4, -0.2) is 10.9 Å². The molecule has 2 N–H and O–H groups in total. The summed E-state index contributed by atoms with van der Waals surface area (Å²) in [7, 11) is 0. The van der Waals surface area contributed by atoms with Gasteiger partial charge in [-0.3, -0.25) is 0 Å². The third-order valence-corrected chi connectivity index (χ3v) is 4.08. The first-order chi connectivity index (χ1) is 6.85. The van der Waals surface area contributed by atoms with Crippen LogP contribution in [0, 0.1) is 5.92 Å². The van der Waals surface area contributed by atoms with Gasteiger partial charge in [0.15, 0.2) is 0 Å². The average molecular weight is 210 g/mol. The summed E-state index contributed by atoms with van der Waals surface area (Å²) in [5.74, 6) is 0.817. The van der Waals surface area contributed by atoms with Crippen molar-refractivity contribution in [3.63, 3.8) is 0 Å². The van der Waals surface area contributed by atoms with E-state index in [-0.39, 0.29) is 0 Å². The molecule has 0 aliphatic heterocycles. The van der Waals surface area contributed by atoms with Gasteiger partial charge in [-0.15, -0.1) is 0 Å². The van der Waals surface area contributed by atoms with Crippen LogP contribution in [0.1, 0.15) is 35.9 Å². The van der Waals surface area contributed by atoms with Gasteiger partial charge in [-0.25, -0.2) is 0 Å². The molecular formula is C11H18N2S. The fourth-order valence-corrected chi connectivity index (χ4v) is 3.40. The van der Waals surface area contributed by atoms with Crippen LogP contribution < -0.4 is 5.73 Å². The topological polar surface area (TPSA) is 38.9 Å². The second-order valence-corrected chi connectivity index (χ2v) is 4.93. The first-order valence-electron chi connectivity index (χ1n) is 5.51. The van der Waals surface area contributed by atoms with Crippen LogP contribution in [0.25, 0.3) is 0 Å². The zero-order valence-electron chi connectivity index (χ0n) is 8.75. The first-order valence-corrected chi connectivity index (χ1v) is 6.28. The summed E-state index contributed by atoms with van der Waals surface area (Å²) < 4.78 is 4.52. The Morgan fingerprint density at radius 2 is 2.43 bits per heavy atom. The van der Waals surface area contributed by atoms with Crippen molar-refractivity contribution in [1.29, 1.82) is 0 Å². The summed E-state index contributed by atoms with van der Waals surface area (Å²) in [6.07, 6.45) is 6.05. The fourth-order valence-electron chi connectivity index (χ4n) is 2.30. The Balaban J connectivity index is 2.12. The van der Waals surface area contributed by atoms with Crippen LogP contribution >= 0.6 is 11.5 Å². The Morgan fingerprint density at radius 1 is 1.57 bits per heavy atom. The van der Waals surface area contributed by atoms with Crippen molar-refractivity contribution in [2.24, 2.45) is 11.7 Å². The molecule has 0 radical (unpaired) electrons. The number of hydrogen-bond donors (Lipinski definition) is 1. The Labute approximate surface area is 89.7 Å². The zero-order chi connectivity index (χ0) is 9.97. The third-order valence-electron chi connectivity index (χ3n) is 3.14. The number of rotatable bonds is 3. The van der Waals surface area contributed by atoms with Gasteiger partial charge in [-0.1, -0.05) is 6.92 Å². The standard InChI is InChI=1S/C11H18N2S/c1-2-10-9-4-3-8(5-6-12)7-11(9)14-13-10/h8H,2-7,12H2,1H3. The normalized spacial score (nSPS) is 20.9. The van der Waals surface area contributed by atoms with E-state index in [0.29, 0.717) is 0 Å². The molecule has 1 aromatic rings. The predicted molar refractivity (Wildman–Crippen MR) is 60.7 cm³/mol. The van der Waals surface area contributed by atoms with Crippen molar-refractivity contribution in [1.82, 2.24) is 4.37 Å². The lowest BCUT2D eigenvalue weighted by Crippen LogP contribution is -2.16. The van der Waals surface area contributed by atoms with Gasteiger partial charge in [0, 0.05) is 4.88 Å². The van der Waals surface area contributed by atoms with E-state index in [1.165, 1.54) is 36.3 Å². The lowest BCUT2D eigenvalue weighted by Gasteiger charge is -2.21. The number of aryl methyl sites for hydroxylation is 1. The number of hydrogen-bond acceptors (Lipinski definition) is 3. The molecule has 0 saturated carbocycles. The molecule has 0 amide bonds. The monoisotopic (exact) mass is 210 g/mol. The summed E-state index contributed by atoms with van der Waals surface area (Å²) >= 11 is 1.72. The maximum Gasteiger partial charge on any atom is 0.0574 e. The van der Waals surface area contributed by atoms with Crippen LogP contribution in [0.2, 0.25) is 0 Å². The largest absolute Gasteiger partial charge is 0.330 e. The van der Waals surface area contributed by atoms with E-state index in [1.54, 1.807) is 17.1 Å². The van der Waals surface area contributed by atoms with E-state index in [9.17, 15) is 0 Å². The average Bonchev–Trinajstić information content (AvgIpc) is 2.60. The van der Waals surface area contributed by atoms with Crippen LogP contribution in [0.4, 0.5) is 0 Å². The number of aromatic nitrogens is 1. The number of nitrogens with zero attached hydrogens (tertiary/aromatic N) is 1. The minimum atomic E-state index is 0.817. The SMILES string of the molecule is CCc1nsc2c1CCC(CCN)C2. The van der Waals surface area contributed by atoms with E-state index >= 15 is 0 Å². The highest BCUT2D eigenvalue weighted by atomic mass is 32.1. The Bertz CT molecular complexity index is 306. The van der Waals surface area contributed by atoms with Crippen molar-refractivity contribution in [3.8, 4) is 0 Å². The second kappa shape index (κ2) is 4.41. The quantitative estimate of drug-likeness (QED) is 0.830. The minimum absolute atomic E-state index is 0.817. The minimum Gasteiger partial charge on any atom is -0.330 e. The summed E-state index contributed by atoms with van der Waals surface area (Å²) in [5.41, 5.74) is 8.50. The molecule has 1 atom stereocenters. The smallest absolute Gasteiger partial charge is 0.0574 e. The highest BCUT2D eigenvalue weighted by Crippen LogP contribution is 2.32. The van der Waals surface area contributed by atoms with Gasteiger partial charge >= 0.3 is 0 Å². The molecule has 1 aliphatic rings. The van der Waals surface area contributed by atoms with E-state index in [1.807, 2.05) is 0 Å². The van der Waals surface area contributed by atoms with Gasteiger partial charge in [0.25, 0.3) is 0 Å². The van der Waals surface area contributed by atoms with Crippen LogP contribution in [0.15, 0.2) is 0 Å². The molecule has 1 heterocycles. The molecule has 1 aromatic heterocycles. The van der Waals surface area contributed by atoms with Crippen molar-refractivity contribution in [3.05, 3.63) is 16.1 Å². The van der Waals surface area contributed by atoms with Crippen molar-refractivity contribution >= 4 is 11.5 Å². The Morgan fingerprint density at radius 3 is 3.14 bits per heavy atom. The Hall–Kier alpha value is -0.410. The molecule has 0 bridgehead atoms. The predicted octanol–water partition coefficient (Wildman–Crippen LogP) is 2.16. The third kappa shape index (κ3) is 1.84. The number of fused-ring (bicyclic) bond motifs is 1. The van der Waals surface area contributed by atoms with Gasteiger partial charge in [-0.2, -0.15) is 4.37 Å². The van der Waals surface area contributed by atoms with Crippen molar-refractivity contribution in [2.45, 2.75) is 39.0 Å². The first kappa shape index (κ1) is 10.1. The highest BCUT2D eigenvalue weighted by Gasteiger charge is 2.22. The molecule has 78 valence electrons. The van der Waals surface area contributed by atoms with E-state index in [0.717, 1.165) is 18.9 Å². The highest BCUT2D eigenvalue weighted by molar-refractivity contribution is 7.06. The summed E-state index contributed by atoms with van der Waals surface area (Å²) in [6.45, 7) is 3.03. The molecule has 3 heteroatoms. The lowest BCUT2D eigenvalue weighted by molar-refractivity contribution is 0.436. The Kier molecular flexibility index (Phi) is 3.19. The molecule has 2 nitrogen and oxygen atoms in total. The van der Waals surface area contributed by atoms with Gasteiger partial charge in [0.05, 0.1) is 5.69 Å². The van der Waals surface area contributed by atoms with Gasteiger partial charge in [-0.05, 0) is 61.7 Å². The molecular weight excluding hydrogens is 192 g/mol. The molecule has 0 aromatic carbocycles. The molecule has 14 heavy (non-hydrogen) atoms. The van der Waals surface area contributed by atoms with E-state index in [2.05, 4.69) is 11.3 Å². The van der Waals surface area contributed by atoms with E-state index in [4.69, 9.17) is 5.73 Å². The molecule has 0 spiro atoms. The van der Waals surface area contributed by atoms with E-state index < -0.39 is 0 Å². The molecule has 1 unspecified atom stereocenters. The van der Waals surface area contributed by atoms with Gasteiger partial charge in [0.2, 0.25) is 0 Å². The summed E-state index contributed by atoms with van der Waals surface area (Å²) in [4.78, 5) is 1.53. The maximum absolute atomic E-state index is 5.60. The second-order valence-electron chi connectivity index (χ2n) is 4.07. The molecule has 2 rings (SSSR count). The van der Waals surface area contributed by atoms with Crippen LogP contribution in [0.5, 0.6) is 0 Å². The van der Waals surface area contributed by atoms with Crippen molar-refractivity contribution < 1.29 is 0 Å². The zero-order valence-corrected chi connectivity index (χ0v) is 9.57. The molecule has 0 fully saturated rings. The summed E-state index contributed by atoms with van der Waals surface area (Å²) in [6, 6.07) is 0. The number of nitrogens with two attached hydrogens (primary N) is 1. The van der Waals surface area contributed by atoms with Gasteiger partial charge in [0.1, 0.15) is 0 Å². The maximum atomic E-state index is 5.60. The van der Waals surface area contributed by atoms with Crippen molar-refractivity contribution in [2.75, 3.05) is 6.54 Å². The van der Waals surface area contributed by atoms with Crippen LogP contribution in [0.3, 0.4) is 0 Å². The molecule has 0 saturated heterocycles.